The number of fused-ring (bicyclic) bond motifs is 1. The van der Waals surface area contributed by atoms with E-state index in [2.05, 4.69) is 4.98 Å². The van der Waals surface area contributed by atoms with Gasteiger partial charge in [-0.25, -0.2) is 9.78 Å². The fourth-order valence-corrected chi connectivity index (χ4v) is 3.27. The molecule has 1 aromatic carbocycles. The van der Waals surface area contributed by atoms with Gasteiger partial charge in [0.1, 0.15) is 5.82 Å². The largest absolute Gasteiger partial charge is 0.465 e. The quantitative estimate of drug-likeness (QED) is 0.873. The summed E-state index contributed by atoms with van der Waals surface area (Å²) < 4.78 is 1.52. The molecule has 0 unspecified atom stereocenters. The van der Waals surface area contributed by atoms with E-state index >= 15 is 0 Å². The molecule has 0 bridgehead atoms. The summed E-state index contributed by atoms with van der Waals surface area (Å²) in [4.78, 5) is 29.9. The third-order valence-corrected chi connectivity index (χ3v) is 4.43. The second-order valence-corrected chi connectivity index (χ2v) is 6.15. The second-order valence-electron chi connectivity index (χ2n) is 5.74. The van der Waals surface area contributed by atoms with Gasteiger partial charge in [-0.3, -0.25) is 9.36 Å². The van der Waals surface area contributed by atoms with Gasteiger partial charge in [-0.15, -0.1) is 0 Å². The molecule has 1 amide bonds. The zero-order valence-electron chi connectivity index (χ0n) is 12.6. The molecule has 0 aliphatic carbocycles. The molecular weight excluding hydrogens is 320 g/mol. The summed E-state index contributed by atoms with van der Waals surface area (Å²) in [6, 6.07) is 4.35. The number of hydrogen-bond donors (Lipinski definition) is 2. The minimum atomic E-state index is -0.991. The number of amides is 1. The van der Waals surface area contributed by atoms with Gasteiger partial charge in [0.05, 0.1) is 28.0 Å². The van der Waals surface area contributed by atoms with E-state index in [-0.39, 0.29) is 18.1 Å². The van der Waals surface area contributed by atoms with Gasteiger partial charge in [-0.1, -0.05) is 17.7 Å². The Morgan fingerprint density at radius 3 is 2.87 bits per heavy atom. The van der Waals surface area contributed by atoms with Crippen molar-refractivity contribution >= 4 is 28.6 Å². The van der Waals surface area contributed by atoms with Crippen molar-refractivity contribution in [2.24, 2.45) is 5.73 Å². The number of likely N-dealkylation sites (tertiary alicyclic amines) is 1. The third kappa shape index (κ3) is 2.66. The molecule has 23 heavy (non-hydrogen) atoms. The zero-order valence-corrected chi connectivity index (χ0v) is 13.3. The van der Waals surface area contributed by atoms with Gasteiger partial charge >= 0.3 is 6.09 Å². The molecule has 0 saturated carbocycles. The average molecular weight is 337 g/mol. The van der Waals surface area contributed by atoms with Crippen LogP contribution in [-0.2, 0) is 0 Å². The van der Waals surface area contributed by atoms with Crippen LogP contribution in [0, 0.1) is 0 Å². The Hall–Kier alpha value is -2.12. The van der Waals surface area contributed by atoms with E-state index in [1.807, 2.05) is 0 Å². The van der Waals surface area contributed by atoms with Crippen molar-refractivity contribution in [3.05, 3.63) is 39.4 Å². The van der Waals surface area contributed by atoms with Gasteiger partial charge in [0.15, 0.2) is 0 Å². The zero-order chi connectivity index (χ0) is 16.7. The topological polar surface area (TPSA) is 101 Å². The highest BCUT2D eigenvalue weighted by atomic mass is 35.5. The maximum Gasteiger partial charge on any atom is 0.407 e. The Labute approximate surface area is 137 Å². The highest BCUT2D eigenvalue weighted by molar-refractivity contribution is 6.35. The second kappa shape index (κ2) is 5.82. The van der Waals surface area contributed by atoms with E-state index in [1.54, 1.807) is 25.1 Å². The highest BCUT2D eigenvalue weighted by Gasteiger charge is 2.30. The molecular formula is C15H17ClN4O3. The highest BCUT2D eigenvalue weighted by Crippen LogP contribution is 2.26. The molecule has 1 saturated heterocycles. The Bertz CT molecular complexity index is 833. The summed E-state index contributed by atoms with van der Waals surface area (Å²) >= 11 is 6.16. The summed E-state index contributed by atoms with van der Waals surface area (Å²) in [5, 5.41) is 9.79. The van der Waals surface area contributed by atoms with Crippen molar-refractivity contribution < 1.29 is 9.90 Å². The molecule has 3 N–H and O–H groups in total. The van der Waals surface area contributed by atoms with E-state index in [0.717, 1.165) is 0 Å². The van der Waals surface area contributed by atoms with Crippen molar-refractivity contribution in [3.8, 4) is 0 Å². The summed E-state index contributed by atoms with van der Waals surface area (Å²) in [7, 11) is 0. The van der Waals surface area contributed by atoms with Crippen LogP contribution >= 0.6 is 11.6 Å². The standard InChI is InChI=1S/C15H17ClN4O3/c1-8(17)13-18-11-4-2-3-10(16)12(11)14(21)20(13)9-5-6-19(7-9)15(22)23/h2-4,8-9H,5-7,17H2,1H3,(H,22,23)/t8-,9+/m0/s1. The van der Waals surface area contributed by atoms with Crippen LogP contribution in [0.3, 0.4) is 0 Å². The molecule has 2 atom stereocenters. The van der Waals surface area contributed by atoms with E-state index in [9.17, 15) is 9.59 Å². The minimum Gasteiger partial charge on any atom is -0.465 e. The molecule has 0 spiro atoms. The van der Waals surface area contributed by atoms with E-state index in [4.69, 9.17) is 22.4 Å². The van der Waals surface area contributed by atoms with Gasteiger partial charge in [0.2, 0.25) is 0 Å². The average Bonchev–Trinajstić information content (AvgIpc) is 2.96. The molecule has 3 rings (SSSR count). The number of nitrogens with two attached hydrogens (primary N) is 1. The van der Waals surface area contributed by atoms with Crippen LogP contribution in [-0.4, -0.2) is 38.7 Å². The van der Waals surface area contributed by atoms with Crippen LogP contribution in [0.25, 0.3) is 10.9 Å². The SMILES string of the molecule is C[C@H](N)c1nc2cccc(Cl)c2c(=O)n1[C@@H]1CCN(C(=O)O)C1. The number of hydrogen-bond acceptors (Lipinski definition) is 4. The first-order chi connectivity index (χ1) is 10.9. The maximum absolute atomic E-state index is 13.0. The summed E-state index contributed by atoms with van der Waals surface area (Å²) in [6.07, 6.45) is -0.446. The lowest BCUT2D eigenvalue weighted by atomic mass is 10.1. The first kappa shape index (κ1) is 15.8. The van der Waals surface area contributed by atoms with Gasteiger partial charge in [0.25, 0.3) is 5.56 Å². The van der Waals surface area contributed by atoms with Crippen molar-refractivity contribution in [3.63, 3.8) is 0 Å². The lowest BCUT2D eigenvalue weighted by molar-refractivity contribution is 0.154. The summed E-state index contributed by atoms with van der Waals surface area (Å²) in [6.45, 7) is 2.37. The molecule has 0 radical (unpaired) electrons. The lowest BCUT2D eigenvalue weighted by Crippen LogP contribution is -2.34. The Kier molecular flexibility index (Phi) is 3.99. The Morgan fingerprint density at radius 2 is 2.26 bits per heavy atom. The molecule has 122 valence electrons. The first-order valence-electron chi connectivity index (χ1n) is 7.34. The summed E-state index contributed by atoms with van der Waals surface area (Å²) in [5.41, 5.74) is 6.22. The molecule has 2 aromatic rings. The molecule has 1 aliphatic rings. The number of aromatic nitrogens is 2. The molecule has 1 fully saturated rings. The monoisotopic (exact) mass is 336 g/mol. The molecule has 1 aliphatic heterocycles. The Balaban J connectivity index is 2.21. The van der Waals surface area contributed by atoms with Crippen molar-refractivity contribution in [1.29, 1.82) is 0 Å². The van der Waals surface area contributed by atoms with Crippen LogP contribution in [0.15, 0.2) is 23.0 Å². The fraction of sp³-hybridized carbons (Fsp3) is 0.400. The van der Waals surface area contributed by atoms with Gasteiger partial charge in [-0.05, 0) is 25.5 Å². The van der Waals surface area contributed by atoms with E-state index in [0.29, 0.717) is 34.7 Å². The third-order valence-electron chi connectivity index (χ3n) is 4.11. The molecule has 2 heterocycles. The van der Waals surface area contributed by atoms with E-state index in [1.165, 1.54) is 9.47 Å². The van der Waals surface area contributed by atoms with Crippen LogP contribution in [0.1, 0.15) is 31.3 Å². The number of nitrogens with zero attached hydrogens (tertiary/aromatic N) is 3. The van der Waals surface area contributed by atoms with Crippen LogP contribution < -0.4 is 11.3 Å². The van der Waals surface area contributed by atoms with Crippen molar-refractivity contribution in [1.82, 2.24) is 14.5 Å². The van der Waals surface area contributed by atoms with Crippen LogP contribution in [0.2, 0.25) is 5.02 Å². The maximum atomic E-state index is 13.0. The van der Waals surface area contributed by atoms with Crippen molar-refractivity contribution in [2.45, 2.75) is 25.4 Å². The van der Waals surface area contributed by atoms with Crippen LogP contribution in [0.5, 0.6) is 0 Å². The summed E-state index contributed by atoms with van der Waals surface area (Å²) in [5.74, 6) is 0.446. The van der Waals surface area contributed by atoms with Crippen LogP contribution in [0.4, 0.5) is 4.79 Å². The predicted molar refractivity (Wildman–Crippen MR) is 86.9 cm³/mol. The molecule has 7 nitrogen and oxygen atoms in total. The normalized spacial score (nSPS) is 19.3. The number of carboxylic acid groups (broad SMARTS) is 1. The number of benzene rings is 1. The fourth-order valence-electron chi connectivity index (χ4n) is 3.02. The molecule has 1 aromatic heterocycles. The smallest absolute Gasteiger partial charge is 0.407 e. The molecule has 8 heteroatoms. The van der Waals surface area contributed by atoms with E-state index < -0.39 is 12.1 Å². The number of halogens is 1. The Morgan fingerprint density at radius 1 is 1.52 bits per heavy atom. The van der Waals surface area contributed by atoms with Gasteiger partial charge in [-0.2, -0.15) is 0 Å². The van der Waals surface area contributed by atoms with Crippen molar-refractivity contribution in [2.75, 3.05) is 13.1 Å². The predicted octanol–water partition coefficient (Wildman–Crippen LogP) is 1.99. The number of rotatable bonds is 2. The van der Waals surface area contributed by atoms with Gasteiger partial charge in [0, 0.05) is 13.1 Å². The lowest BCUT2D eigenvalue weighted by Gasteiger charge is -2.21. The minimum absolute atomic E-state index is 0.243. The van der Waals surface area contributed by atoms with Gasteiger partial charge < -0.3 is 15.7 Å². The number of carbonyl (C=O) groups is 1. The first-order valence-corrected chi connectivity index (χ1v) is 7.72.